The van der Waals surface area contributed by atoms with Crippen LogP contribution in [0.1, 0.15) is 13.3 Å². The molecule has 0 bridgehead atoms. The van der Waals surface area contributed by atoms with Crippen LogP contribution in [-0.2, 0) is 9.59 Å². The van der Waals surface area contributed by atoms with E-state index in [9.17, 15) is 9.59 Å². The lowest BCUT2D eigenvalue weighted by Crippen LogP contribution is -2.35. The van der Waals surface area contributed by atoms with Crippen LogP contribution in [0.2, 0.25) is 0 Å². The molecule has 1 fully saturated rings. The van der Waals surface area contributed by atoms with E-state index in [0.717, 1.165) is 11.4 Å². The van der Waals surface area contributed by atoms with Gasteiger partial charge in [0.05, 0.1) is 13.2 Å². The normalized spacial score (nSPS) is 18.9. The molecule has 2 amide bonds. The lowest BCUT2D eigenvalue weighted by atomic mass is 10.2. The number of carbonyl (C=O) groups excluding carboxylic acids is 2. The van der Waals surface area contributed by atoms with Crippen LogP contribution in [0, 0.1) is 0 Å². The first kappa shape index (κ1) is 12.4. The van der Waals surface area contributed by atoms with Gasteiger partial charge in [-0.15, -0.1) is 0 Å². The van der Waals surface area contributed by atoms with Gasteiger partial charge in [-0.2, -0.15) is 0 Å². The Morgan fingerprint density at radius 2 is 2.06 bits per heavy atom. The van der Waals surface area contributed by atoms with E-state index in [4.69, 9.17) is 4.74 Å². The van der Waals surface area contributed by atoms with Crippen molar-refractivity contribution in [3.8, 4) is 5.75 Å². The summed E-state index contributed by atoms with van der Waals surface area (Å²) in [6.07, 6.45) is 0.353. The number of nitrogens with zero attached hydrogens (tertiary/aromatic N) is 1. The highest BCUT2D eigenvalue weighted by Crippen LogP contribution is 2.23. The van der Waals surface area contributed by atoms with Crippen molar-refractivity contribution in [3.63, 3.8) is 0 Å². The number of carbonyl (C=O) groups is 2. The molecule has 1 aromatic carbocycles. The Kier molecular flexibility index (Phi) is 3.50. The summed E-state index contributed by atoms with van der Waals surface area (Å²) < 4.78 is 5.07. The maximum absolute atomic E-state index is 11.9. The summed E-state index contributed by atoms with van der Waals surface area (Å²) in [5.74, 6) is 0.673. The fourth-order valence-electron chi connectivity index (χ4n) is 2.10. The molecule has 1 saturated heterocycles. The monoisotopic (exact) mass is 248 g/mol. The first-order chi connectivity index (χ1) is 8.60. The maximum Gasteiger partial charge on any atom is 0.229 e. The number of hydrogen-bond donors (Lipinski definition) is 1. The van der Waals surface area contributed by atoms with Crippen LogP contribution in [0.25, 0.3) is 0 Å². The van der Waals surface area contributed by atoms with Crippen molar-refractivity contribution in [1.82, 2.24) is 5.32 Å². The minimum Gasteiger partial charge on any atom is -0.497 e. The number of methoxy groups -OCH3 is 1. The molecular weight excluding hydrogens is 232 g/mol. The minimum atomic E-state index is -0.107. The number of hydrogen-bond acceptors (Lipinski definition) is 3. The molecule has 0 saturated carbocycles. The molecule has 1 N–H and O–H groups in total. The lowest BCUT2D eigenvalue weighted by Gasteiger charge is -2.17. The summed E-state index contributed by atoms with van der Waals surface area (Å²) in [5.41, 5.74) is 0.827. The zero-order valence-corrected chi connectivity index (χ0v) is 10.5. The highest BCUT2D eigenvalue weighted by Gasteiger charge is 2.30. The van der Waals surface area contributed by atoms with Crippen LogP contribution >= 0.6 is 0 Å². The third-order valence-corrected chi connectivity index (χ3v) is 2.92. The predicted octanol–water partition coefficient (Wildman–Crippen LogP) is 0.937. The molecular formula is C13H16N2O3. The van der Waals surface area contributed by atoms with E-state index in [1.54, 1.807) is 12.0 Å². The molecule has 5 heteroatoms. The molecule has 1 aliphatic heterocycles. The van der Waals surface area contributed by atoms with E-state index in [-0.39, 0.29) is 17.9 Å². The Labute approximate surface area is 106 Å². The number of benzene rings is 1. The Morgan fingerprint density at radius 3 is 2.61 bits per heavy atom. The zero-order chi connectivity index (χ0) is 13.1. The van der Waals surface area contributed by atoms with Gasteiger partial charge in [-0.1, -0.05) is 0 Å². The van der Waals surface area contributed by atoms with Crippen LogP contribution < -0.4 is 15.0 Å². The van der Waals surface area contributed by atoms with Crippen molar-refractivity contribution in [2.75, 3.05) is 18.6 Å². The second-order valence-electron chi connectivity index (χ2n) is 4.30. The standard InChI is InChI=1S/C13H16N2O3/c1-9(16)14-10-7-13(17)15(8-10)11-3-5-12(18-2)6-4-11/h3-6,10H,7-8H2,1-2H3,(H,14,16). The van der Waals surface area contributed by atoms with E-state index < -0.39 is 0 Å². The van der Waals surface area contributed by atoms with Crippen LogP contribution in [-0.4, -0.2) is 31.5 Å². The van der Waals surface area contributed by atoms with Gasteiger partial charge in [0.2, 0.25) is 11.8 Å². The van der Waals surface area contributed by atoms with Crippen LogP contribution in [0.5, 0.6) is 5.75 Å². The Hall–Kier alpha value is -2.04. The second kappa shape index (κ2) is 5.08. The fourth-order valence-corrected chi connectivity index (χ4v) is 2.10. The molecule has 1 aromatic rings. The summed E-state index contributed by atoms with van der Waals surface area (Å²) in [7, 11) is 1.60. The summed E-state index contributed by atoms with van der Waals surface area (Å²) >= 11 is 0. The number of rotatable bonds is 3. The number of anilines is 1. The minimum absolute atomic E-state index is 0.0268. The molecule has 96 valence electrons. The summed E-state index contributed by atoms with van der Waals surface area (Å²) in [6.45, 7) is 1.98. The van der Waals surface area contributed by atoms with Gasteiger partial charge in [-0.3, -0.25) is 9.59 Å². The first-order valence-electron chi connectivity index (χ1n) is 5.81. The molecule has 0 spiro atoms. The molecule has 18 heavy (non-hydrogen) atoms. The molecule has 2 rings (SSSR count). The highest BCUT2D eigenvalue weighted by molar-refractivity contribution is 5.96. The largest absolute Gasteiger partial charge is 0.497 e. The smallest absolute Gasteiger partial charge is 0.229 e. The number of amides is 2. The van der Waals surface area contributed by atoms with E-state index in [2.05, 4.69) is 5.32 Å². The van der Waals surface area contributed by atoms with Crippen molar-refractivity contribution in [2.45, 2.75) is 19.4 Å². The van der Waals surface area contributed by atoms with Gasteiger partial charge in [0, 0.05) is 25.6 Å². The van der Waals surface area contributed by atoms with Gasteiger partial charge in [0.25, 0.3) is 0 Å². The van der Waals surface area contributed by atoms with Gasteiger partial charge >= 0.3 is 0 Å². The fraction of sp³-hybridized carbons (Fsp3) is 0.385. The maximum atomic E-state index is 11.9. The Bertz CT molecular complexity index is 456. The summed E-state index contributed by atoms with van der Waals surface area (Å²) in [4.78, 5) is 24.5. The lowest BCUT2D eigenvalue weighted by molar-refractivity contribution is -0.119. The topological polar surface area (TPSA) is 58.6 Å². The van der Waals surface area contributed by atoms with Crippen molar-refractivity contribution < 1.29 is 14.3 Å². The average Bonchev–Trinajstić information content (AvgIpc) is 2.69. The van der Waals surface area contributed by atoms with Crippen LogP contribution in [0.15, 0.2) is 24.3 Å². The molecule has 0 aromatic heterocycles. The molecule has 1 heterocycles. The first-order valence-corrected chi connectivity index (χ1v) is 5.81. The average molecular weight is 248 g/mol. The predicted molar refractivity (Wildman–Crippen MR) is 67.6 cm³/mol. The van der Waals surface area contributed by atoms with Crippen molar-refractivity contribution in [2.24, 2.45) is 0 Å². The third kappa shape index (κ3) is 2.61. The van der Waals surface area contributed by atoms with Gasteiger partial charge in [-0.25, -0.2) is 0 Å². The summed E-state index contributed by atoms with van der Waals surface area (Å²) in [6, 6.07) is 7.21. The van der Waals surface area contributed by atoms with Gasteiger partial charge in [-0.05, 0) is 24.3 Å². The van der Waals surface area contributed by atoms with Crippen molar-refractivity contribution in [1.29, 1.82) is 0 Å². The molecule has 5 nitrogen and oxygen atoms in total. The van der Waals surface area contributed by atoms with Gasteiger partial charge < -0.3 is 15.0 Å². The van der Waals surface area contributed by atoms with Crippen molar-refractivity contribution in [3.05, 3.63) is 24.3 Å². The van der Waals surface area contributed by atoms with Crippen molar-refractivity contribution >= 4 is 17.5 Å². The second-order valence-corrected chi connectivity index (χ2v) is 4.30. The Balaban J connectivity index is 2.08. The number of ether oxygens (including phenoxy) is 1. The Morgan fingerprint density at radius 1 is 1.39 bits per heavy atom. The van der Waals surface area contributed by atoms with E-state index >= 15 is 0 Å². The van der Waals surface area contributed by atoms with Crippen LogP contribution in [0.4, 0.5) is 5.69 Å². The molecule has 0 radical (unpaired) electrons. The highest BCUT2D eigenvalue weighted by atomic mass is 16.5. The molecule has 1 atom stereocenters. The third-order valence-electron chi connectivity index (χ3n) is 2.92. The quantitative estimate of drug-likeness (QED) is 0.866. The van der Waals surface area contributed by atoms with E-state index in [0.29, 0.717) is 13.0 Å². The van der Waals surface area contributed by atoms with E-state index in [1.165, 1.54) is 6.92 Å². The van der Waals surface area contributed by atoms with Crippen LogP contribution in [0.3, 0.4) is 0 Å². The van der Waals surface area contributed by atoms with Gasteiger partial charge in [0.15, 0.2) is 0 Å². The molecule has 1 aliphatic rings. The SMILES string of the molecule is COc1ccc(N2CC(NC(C)=O)CC2=O)cc1. The summed E-state index contributed by atoms with van der Waals surface area (Å²) in [5, 5.41) is 2.77. The van der Waals surface area contributed by atoms with E-state index in [1.807, 2.05) is 24.3 Å². The molecule has 1 unspecified atom stereocenters. The van der Waals surface area contributed by atoms with Gasteiger partial charge in [0.1, 0.15) is 5.75 Å². The zero-order valence-electron chi connectivity index (χ0n) is 10.5. The molecule has 0 aliphatic carbocycles. The number of nitrogens with one attached hydrogen (secondary N) is 1.